The third-order valence-corrected chi connectivity index (χ3v) is 2.24. The molecule has 90 valence electrons. The van der Waals surface area contributed by atoms with Crippen molar-refractivity contribution in [2.75, 3.05) is 0 Å². The van der Waals surface area contributed by atoms with E-state index < -0.39 is 18.5 Å². The molecule has 0 aliphatic rings. The van der Waals surface area contributed by atoms with Gasteiger partial charge in [-0.1, -0.05) is 6.92 Å². The average Bonchev–Trinajstić information content (AvgIpc) is 2.64. The van der Waals surface area contributed by atoms with E-state index in [1.807, 2.05) is 0 Å². The van der Waals surface area contributed by atoms with E-state index in [1.54, 1.807) is 6.07 Å². The van der Waals surface area contributed by atoms with Gasteiger partial charge >= 0.3 is 6.18 Å². The van der Waals surface area contributed by atoms with Gasteiger partial charge in [0.05, 0.1) is 6.26 Å². The molecule has 16 heavy (non-hydrogen) atoms. The van der Waals surface area contributed by atoms with E-state index in [1.165, 1.54) is 19.3 Å². The van der Waals surface area contributed by atoms with Crippen LogP contribution in [0.2, 0.25) is 0 Å². The van der Waals surface area contributed by atoms with Crippen molar-refractivity contribution in [3.63, 3.8) is 0 Å². The topological polar surface area (TPSA) is 30.2 Å². The Hall–Kier alpha value is -1.26. The maximum atomic E-state index is 12.0. The molecule has 1 rings (SSSR count). The molecule has 0 saturated carbocycles. The molecule has 0 bridgehead atoms. The molecule has 2 nitrogen and oxygen atoms in total. The highest BCUT2D eigenvalue weighted by molar-refractivity contribution is 5.93. The van der Waals surface area contributed by atoms with Crippen LogP contribution in [-0.2, 0) is 0 Å². The number of halogens is 3. The smallest absolute Gasteiger partial charge is 0.389 e. The second-order valence-electron chi connectivity index (χ2n) is 3.86. The van der Waals surface area contributed by atoms with Gasteiger partial charge in [-0.2, -0.15) is 13.2 Å². The van der Waals surface area contributed by atoms with Crippen molar-refractivity contribution in [1.82, 2.24) is 0 Å². The normalized spacial score (nSPS) is 13.8. The molecule has 0 radical (unpaired) electrons. The minimum Gasteiger partial charge on any atom is -0.461 e. The van der Waals surface area contributed by atoms with Gasteiger partial charge in [0.25, 0.3) is 0 Å². The van der Waals surface area contributed by atoms with Crippen LogP contribution in [0, 0.1) is 5.92 Å². The molecule has 1 atom stereocenters. The quantitative estimate of drug-likeness (QED) is 0.725. The lowest BCUT2D eigenvalue weighted by molar-refractivity contribution is -0.143. The SMILES string of the molecule is CC(CCC(=O)c1ccco1)CC(F)(F)F. The first-order chi connectivity index (χ1) is 7.38. The van der Waals surface area contributed by atoms with Gasteiger partial charge in [0, 0.05) is 12.8 Å². The highest BCUT2D eigenvalue weighted by Crippen LogP contribution is 2.27. The van der Waals surface area contributed by atoms with Crippen LogP contribution in [0.15, 0.2) is 22.8 Å². The Labute approximate surface area is 91.4 Å². The lowest BCUT2D eigenvalue weighted by atomic mass is 9.99. The number of carbonyl (C=O) groups is 1. The van der Waals surface area contributed by atoms with Gasteiger partial charge in [-0.25, -0.2) is 0 Å². The highest BCUT2D eigenvalue weighted by Gasteiger charge is 2.30. The standard InChI is InChI=1S/C11H13F3O2/c1-8(7-11(12,13)14)4-5-9(15)10-3-2-6-16-10/h2-3,6,8H,4-5,7H2,1H3. The first-order valence-electron chi connectivity index (χ1n) is 5.02. The summed E-state index contributed by atoms with van der Waals surface area (Å²) in [5.41, 5.74) is 0. The van der Waals surface area contributed by atoms with Gasteiger partial charge in [0.15, 0.2) is 11.5 Å². The molecular formula is C11H13F3O2. The van der Waals surface area contributed by atoms with Crippen molar-refractivity contribution >= 4 is 5.78 Å². The van der Waals surface area contributed by atoms with Crippen molar-refractivity contribution in [2.45, 2.75) is 32.4 Å². The van der Waals surface area contributed by atoms with Gasteiger partial charge in [-0.05, 0) is 24.5 Å². The summed E-state index contributed by atoms with van der Waals surface area (Å²) in [6, 6.07) is 3.09. The maximum Gasteiger partial charge on any atom is 0.389 e. The summed E-state index contributed by atoms with van der Waals surface area (Å²) < 4.78 is 40.9. The summed E-state index contributed by atoms with van der Waals surface area (Å²) in [4.78, 5) is 11.4. The van der Waals surface area contributed by atoms with Crippen molar-refractivity contribution in [3.8, 4) is 0 Å². The zero-order chi connectivity index (χ0) is 12.2. The summed E-state index contributed by atoms with van der Waals surface area (Å²) in [7, 11) is 0. The third-order valence-electron chi connectivity index (χ3n) is 2.24. The van der Waals surface area contributed by atoms with Crippen LogP contribution >= 0.6 is 0 Å². The van der Waals surface area contributed by atoms with Gasteiger partial charge in [-0.15, -0.1) is 0 Å². The number of hydrogen-bond donors (Lipinski definition) is 0. The monoisotopic (exact) mass is 234 g/mol. The van der Waals surface area contributed by atoms with Crippen molar-refractivity contribution in [1.29, 1.82) is 0 Å². The van der Waals surface area contributed by atoms with Crippen LogP contribution < -0.4 is 0 Å². The second-order valence-corrected chi connectivity index (χ2v) is 3.86. The fraction of sp³-hybridized carbons (Fsp3) is 0.545. The van der Waals surface area contributed by atoms with Gasteiger partial charge in [-0.3, -0.25) is 4.79 Å². The zero-order valence-corrected chi connectivity index (χ0v) is 8.88. The lowest BCUT2D eigenvalue weighted by Gasteiger charge is -2.12. The summed E-state index contributed by atoms with van der Waals surface area (Å²) in [6.45, 7) is 1.49. The molecule has 0 aromatic carbocycles. The number of furan rings is 1. The summed E-state index contributed by atoms with van der Waals surface area (Å²) in [5, 5.41) is 0. The Morgan fingerprint density at radius 3 is 2.69 bits per heavy atom. The molecule has 0 fully saturated rings. The number of rotatable bonds is 5. The Balaban J connectivity index is 2.32. The first kappa shape index (κ1) is 12.8. The van der Waals surface area contributed by atoms with Crippen molar-refractivity contribution in [2.24, 2.45) is 5.92 Å². The van der Waals surface area contributed by atoms with Crippen LogP contribution in [0.3, 0.4) is 0 Å². The third kappa shape index (κ3) is 4.51. The maximum absolute atomic E-state index is 12.0. The summed E-state index contributed by atoms with van der Waals surface area (Å²) in [5.74, 6) is -0.586. The number of ketones is 1. The number of hydrogen-bond acceptors (Lipinski definition) is 2. The van der Waals surface area contributed by atoms with Crippen LogP contribution in [0.25, 0.3) is 0 Å². The predicted molar refractivity (Wildman–Crippen MR) is 52.1 cm³/mol. The second kappa shape index (κ2) is 5.18. The lowest BCUT2D eigenvalue weighted by Crippen LogP contribution is -2.14. The molecule has 0 aliphatic carbocycles. The molecule has 5 heteroatoms. The van der Waals surface area contributed by atoms with E-state index in [4.69, 9.17) is 4.42 Å². The van der Waals surface area contributed by atoms with Crippen molar-refractivity contribution < 1.29 is 22.4 Å². The summed E-state index contributed by atoms with van der Waals surface area (Å²) >= 11 is 0. The molecule has 0 N–H and O–H groups in total. The number of alkyl halides is 3. The molecule has 1 aromatic heterocycles. The fourth-order valence-electron chi connectivity index (χ4n) is 1.44. The zero-order valence-electron chi connectivity index (χ0n) is 8.88. The van der Waals surface area contributed by atoms with Crippen LogP contribution in [0.5, 0.6) is 0 Å². The van der Waals surface area contributed by atoms with E-state index in [2.05, 4.69) is 0 Å². The predicted octanol–water partition coefficient (Wildman–Crippen LogP) is 3.83. The summed E-state index contributed by atoms with van der Waals surface area (Å²) in [6.07, 6.45) is -3.33. The number of carbonyl (C=O) groups excluding carboxylic acids is 1. The van der Waals surface area contributed by atoms with Gasteiger partial charge in [0.2, 0.25) is 0 Å². The van der Waals surface area contributed by atoms with E-state index >= 15 is 0 Å². The molecular weight excluding hydrogens is 221 g/mol. The Bertz CT molecular complexity index is 327. The molecule has 1 heterocycles. The van der Waals surface area contributed by atoms with E-state index in [9.17, 15) is 18.0 Å². The number of Topliss-reactive ketones (excluding diaryl/α,β-unsaturated/α-hetero) is 1. The Kier molecular flexibility index (Phi) is 4.15. The molecule has 0 spiro atoms. The fourth-order valence-corrected chi connectivity index (χ4v) is 1.44. The molecule has 0 saturated heterocycles. The minimum atomic E-state index is -4.16. The van der Waals surface area contributed by atoms with E-state index in [0.717, 1.165) is 0 Å². The van der Waals surface area contributed by atoms with Crippen LogP contribution in [0.4, 0.5) is 13.2 Å². The first-order valence-corrected chi connectivity index (χ1v) is 5.02. The van der Waals surface area contributed by atoms with Gasteiger partial charge in [0.1, 0.15) is 0 Å². The van der Waals surface area contributed by atoms with Crippen LogP contribution in [-0.4, -0.2) is 12.0 Å². The Morgan fingerprint density at radius 1 is 1.50 bits per heavy atom. The average molecular weight is 234 g/mol. The van der Waals surface area contributed by atoms with E-state index in [-0.39, 0.29) is 24.4 Å². The molecule has 0 aliphatic heterocycles. The largest absolute Gasteiger partial charge is 0.461 e. The molecule has 0 amide bonds. The molecule has 1 aromatic rings. The van der Waals surface area contributed by atoms with Crippen molar-refractivity contribution in [3.05, 3.63) is 24.2 Å². The highest BCUT2D eigenvalue weighted by atomic mass is 19.4. The van der Waals surface area contributed by atoms with E-state index in [0.29, 0.717) is 0 Å². The van der Waals surface area contributed by atoms with Crippen LogP contribution in [0.1, 0.15) is 36.7 Å². The minimum absolute atomic E-state index is 0.0881. The Morgan fingerprint density at radius 2 is 2.19 bits per heavy atom. The molecule has 1 unspecified atom stereocenters. The van der Waals surface area contributed by atoms with Gasteiger partial charge < -0.3 is 4.42 Å².